The molecule has 0 bridgehead atoms. The third-order valence-corrected chi connectivity index (χ3v) is 3.83. The molecule has 106 valence electrons. The van der Waals surface area contributed by atoms with E-state index in [-0.39, 0.29) is 0 Å². The fraction of sp³-hybridized carbons (Fsp3) is 0.0625. The van der Waals surface area contributed by atoms with Crippen molar-refractivity contribution in [1.82, 2.24) is 9.97 Å². The van der Waals surface area contributed by atoms with E-state index in [1.807, 2.05) is 42.5 Å². The van der Waals surface area contributed by atoms with Gasteiger partial charge in [0.25, 0.3) is 0 Å². The largest absolute Gasteiger partial charge is 0.378 e. The standard InChI is InChI=1S/C16H13Cl2N3/c17-13-7-6-11(8-14(13)18)15-9-20-16(21-15)10-19-12-4-2-1-3-5-12/h1-9,19H,10H2,(H,20,21). The van der Waals surface area contributed by atoms with E-state index in [1.165, 1.54) is 0 Å². The highest BCUT2D eigenvalue weighted by Crippen LogP contribution is 2.27. The summed E-state index contributed by atoms with van der Waals surface area (Å²) in [5.74, 6) is 0.861. The van der Waals surface area contributed by atoms with Gasteiger partial charge in [0.1, 0.15) is 5.82 Å². The molecule has 2 N–H and O–H groups in total. The number of para-hydroxylation sites is 1. The molecule has 0 radical (unpaired) electrons. The number of rotatable bonds is 4. The van der Waals surface area contributed by atoms with Gasteiger partial charge in [0.2, 0.25) is 0 Å². The van der Waals surface area contributed by atoms with Gasteiger partial charge in [-0.05, 0) is 24.3 Å². The monoisotopic (exact) mass is 317 g/mol. The lowest BCUT2D eigenvalue weighted by molar-refractivity contribution is 1.00. The Labute approximate surface area is 132 Å². The molecule has 0 aliphatic heterocycles. The topological polar surface area (TPSA) is 40.7 Å². The maximum Gasteiger partial charge on any atom is 0.125 e. The van der Waals surface area contributed by atoms with Crippen molar-refractivity contribution < 1.29 is 0 Å². The van der Waals surface area contributed by atoms with Crippen LogP contribution in [0.25, 0.3) is 11.3 Å². The van der Waals surface area contributed by atoms with E-state index in [0.717, 1.165) is 22.8 Å². The lowest BCUT2D eigenvalue weighted by atomic mass is 10.2. The van der Waals surface area contributed by atoms with Crippen LogP contribution < -0.4 is 5.32 Å². The van der Waals surface area contributed by atoms with Crippen LogP contribution in [-0.2, 0) is 6.54 Å². The molecular weight excluding hydrogens is 305 g/mol. The molecule has 0 aliphatic carbocycles. The Bertz CT molecular complexity index is 738. The zero-order chi connectivity index (χ0) is 14.7. The fourth-order valence-electron chi connectivity index (χ4n) is 2.00. The number of benzene rings is 2. The Morgan fingerprint density at radius 1 is 1.00 bits per heavy atom. The normalized spacial score (nSPS) is 10.6. The summed E-state index contributed by atoms with van der Waals surface area (Å²) in [6, 6.07) is 15.5. The van der Waals surface area contributed by atoms with Crippen LogP contribution >= 0.6 is 23.2 Å². The van der Waals surface area contributed by atoms with E-state index in [4.69, 9.17) is 23.2 Å². The molecule has 0 atom stereocenters. The molecule has 0 aliphatic rings. The smallest absolute Gasteiger partial charge is 0.125 e. The molecule has 0 spiro atoms. The Hall–Kier alpha value is -1.97. The summed E-state index contributed by atoms with van der Waals surface area (Å²) in [6.45, 7) is 0.630. The first-order valence-electron chi connectivity index (χ1n) is 6.50. The van der Waals surface area contributed by atoms with Crippen molar-refractivity contribution in [3.05, 3.63) is 70.6 Å². The summed E-state index contributed by atoms with van der Waals surface area (Å²) in [5, 5.41) is 4.39. The molecule has 5 heteroatoms. The van der Waals surface area contributed by atoms with Crippen molar-refractivity contribution in [2.24, 2.45) is 0 Å². The van der Waals surface area contributed by atoms with E-state index in [2.05, 4.69) is 15.3 Å². The number of nitrogens with one attached hydrogen (secondary N) is 2. The molecule has 0 fully saturated rings. The Morgan fingerprint density at radius 3 is 2.57 bits per heavy atom. The maximum absolute atomic E-state index is 6.03. The van der Waals surface area contributed by atoms with Crippen LogP contribution in [-0.4, -0.2) is 9.97 Å². The Balaban J connectivity index is 1.72. The van der Waals surface area contributed by atoms with Gasteiger partial charge in [-0.2, -0.15) is 0 Å². The first-order valence-corrected chi connectivity index (χ1v) is 7.26. The van der Waals surface area contributed by atoms with Crippen molar-refractivity contribution in [1.29, 1.82) is 0 Å². The average Bonchev–Trinajstić information content (AvgIpc) is 2.98. The summed E-state index contributed by atoms with van der Waals surface area (Å²) in [4.78, 5) is 7.64. The molecular formula is C16H13Cl2N3. The maximum atomic E-state index is 6.03. The number of anilines is 1. The molecule has 1 heterocycles. The third kappa shape index (κ3) is 3.38. The zero-order valence-electron chi connectivity index (χ0n) is 11.1. The van der Waals surface area contributed by atoms with Crippen LogP contribution in [0, 0.1) is 0 Å². The highest BCUT2D eigenvalue weighted by atomic mass is 35.5. The highest BCUT2D eigenvalue weighted by molar-refractivity contribution is 6.42. The molecule has 3 nitrogen and oxygen atoms in total. The van der Waals surface area contributed by atoms with E-state index in [9.17, 15) is 0 Å². The first-order chi connectivity index (χ1) is 10.2. The summed E-state index contributed by atoms with van der Waals surface area (Å²) in [6.07, 6.45) is 1.79. The quantitative estimate of drug-likeness (QED) is 0.711. The van der Waals surface area contributed by atoms with Gasteiger partial charge in [-0.1, -0.05) is 47.5 Å². The van der Waals surface area contributed by atoms with Crippen LogP contribution in [0.1, 0.15) is 5.82 Å². The molecule has 0 amide bonds. The van der Waals surface area contributed by atoms with Gasteiger partial charge in [-0.15, -0.1) is 0 Å². The molecule has 2 aromatic carbocycles. The SMILES string of the molecule is Clc1ccc(-c2cnc(CNc3ccccc3)[nH]2)cc1Cl. The second-order valence-electron chi connectivity index (χ2n) is 4.59. The predicted octanol–water partition coefficient (Wildman–Crippen LogP) is 5.00. The second-order valence-corrected chi connectivity index (χ2v) is 5.41. The van der Waals surface area contributed by atoms with Crippen molar-refractivity contribution in [3.8, 4) is 11.3 Å². The molecule has 0 unspecified atom stereocenters. The Kier molecular flexibility index (Phi) is 4.13. The fourth-order valence-corrected chi connectivity index (χ4v) is 2.30. The van der Waals surface area contributed by atoms with Crippen molar-refractivity contribution in [2.45, 2.75) is 6.54 Å². The molecule has 3 aromatic rings. The van der Waals surface area contributed by atoms with Crippen LogP contribution in [0.4, 0.5) is 5.69 Å². The van der Waals surface area contributed by atoms with Crippen molar-refractivity contribution in [2.75, 3.05) is 5.32 Å². The first kappa shape index (κ1) is 14.0. The minimum absolute atomic E-state index is 0.535. The minimum Gasteiger partial charge on any atom is -0.378 e. The van der Waals surface area contributed by atoms with Crippen molar-refractivity contribution >= 4 is 28.9 Å². The molecule has 1 aromatic heterocycles. The van der Waals surface area contributed by atoms with Crippen molar-refractivity contribution in [3.63, 3.8) is 0 Å². The van der Waals surface area contributed by atoms with E-state index < -0.39 is 0 Å². The zero-order valence-corrected chi connectivity index (χ0v) is 12.6. The van der Waals surface area contributed by atoms with E-state index in [1.54, 1.807) is 12.3 Å². The van der Waals surface area contributed by atoms with Gasteiger partial charge in [-0.25, -0.2) is 4.98 Å². The molecule has 3 rings (SSSR count). The lowest BCUT2D eigenvalue weighted by Gasteiger charge is -2.03. The second kappa shape index (κ2) is 6.20. The van der Waals surface area contributed by atoms with Crippen LogP contribution in [0.2, 0.25) is 10.0 Å². The van der Waals surface area contributed by atoms with Gasteiger partial charge < -0.3 is 10.3 Å². The van der Waals surface area contributed by atoms with Gasteiger partial charge in [-0.3, -0.25) is 0 Å². The van der Waals surface area contributed by atoms with Gasteiger partial charge in [0.05, 0.1) is 28.5 Å². The molecule has 0 saturated heterocycles. The number of hydrogen-bond acceptors (Lipinski definition) is 2. The van der Waals surface area contributed by atoms with Crippen LogP contribution in [0.15, 0.2) is 54.7 Å². The summed E-state index contributed by atoms with van der Waals surface area (Å²) in [7, 11) is 0. The van der Waals surface area contributed by atoms with Gasteiger partial charge in [0, 0.05) is 11.3 Å². The number of hydrogen-bond donors (Lipinski definition) is 2. The molecule has 0 saturated carbocycles. The number of halogens is 2. The van der Waals surface area contributed by atoms with E-state index >= 15 is 0 Å². The highest BCUT2D eigenvalue weighted by Gasteiger charge is 2.05. The molecule has 21 heavy (non-hydrogen) atoms. The number of H-pyrrole nitrogens is 1. The number of aromatic amines is 1. The predicted molar refractivity (Wildman–Crippen MR) is 87.8 cm³/mol. The Morgan fingerprint density at radius 2 is 1.81 bits per heavy atom. The third-order valence-electron chi connectivity index (χ3n) is 3.09. The van der Waals surface area contributed by atoms with Gasteiger partial charge in [0.15, 0.2) is 0 Å². The van der Waals surface area contributed by atoms with E-state index in [0.29, 0.717) is 16.6 Å². The number of nitrogens with zero attached hydrogens (tertiary/aromatic N) is 1. The number of imidazole rings is 1. The number of aromatic nitrogens is 2. The minimum atomic E-state index is 0.535. The lowest BCUT2D eigenvalue weighted by Crippen LogP contribution is -2.00. The average molecular weight is 318 g/mol. The summed E-state index contributed by atoms with van der Waals surface area (Å²) < 4.78 is 0. The summed E-state index contributed by atoms with van der Waals surface area (Å²) >= 11 is 12.0. The van der Waals surface area contributed by atoms with Gasteiger partial charge >= 0.3 is 0 Å². The summed E-state index contributed by atoms with van der Waals surface area (Å²) in [5.41, 5.74) is 2.94. The van der Waals surface area contributed by atoms with Crippen LogP contribution in [0.5, 0.6) is 0 Å². The van der Waals surface area contributed by atoms with Crippen LogP contribution in [0.3, 0.4) is 0 Å².